The normalized spacial score (nSPS) is 14.4. The second-order valence-corrected chi connectivity index (χ2v) is 15.7. The Morgan fingerprint density at radius 2 is 0.806 bits per heavy atom. The second-order valence-electron chi connectivity index (χ2n) is 15.7. The van der Waals surface area contributed by atoms with Gasteiger partial charge in [-0.3, -0.25) is 48.5 Å². The molecule has 8 atom stereocenters. The molecule has 0 unspecified atom stereocenters. The number of aliphatic hydroxyl groups excluding tert-OH is 2. The molecular weight excluding hydrogens is 885 g/mol. The third kappa shape index (κ3) is 25.6. The number of aliphatic carboxylic acids is 1. The Labute approximate surface area is 388 Å². The molecule has 0 aliphatic rings. The molecule has 29 heteroatoms. The number of unbranched alkanes of at least 4 members (excludes halogenated alkanes) is 1. The standard InChI is InChI=1S/C38H74N18O11/c1-19(2)27(35(66)67)56-34(65)26(18-58)55-32(63)24(12-8-16-49-38(45)46)52-31(62)22(10-4-5-13-39)51-28(59)20(3)50-30(61)23(11-7-15-48-37(43)44)53-33(64)25(17-57)54-29(60)21(40)9-6-14-47-36(41)42/h19-27,57-58H,4-18,39-40H2,1-3H3,(H,50,61)(H,51,59)(H,52,62)(H,53,64)(H,54,60)(H,55,63)(H,56,65)(H,66,67)(H4,41,42,47)(H4,43,44,48)(H4,45,46,49)/t20-,21-,22-,23-,24-,25-,26-,27-/m0/s1. The summed E-state index contributed by atoms with van der Waals surface area (Å²) in [6, 6.07) is -11.1. The monoisotopic (exact) mass is 959 g/mol. The Kier molecular flexibility index (Phi) is 29.7. The lowest BCUT2D eigenvalue weighted by molar-refractivity contribution is -0.144. The maximum absolute atomic E-state index is 13.8. The number of nitrogens with one attached hydrogen (secondary N) is 7. The summed E-state index contributed by atoms with van der Waals surface area (Å²) >= 11 is 0. The predicted molar refractivity (Wildman–Crippen MR) is 246 cm³/mol. The summed E-state index contributed by atoms with van der Waals surface area (Å²) in [4.78, 5) is 117. The molecule has 67 heavy (non-hydrogen) atoms. The van der Waals surface area contributed by atoms with Crippen molar-refractivity contribution >= 4 is 65.2 Å². The van der Waals surface area contributed by atoms with E-state index in [9.17, 15) is 53.7 Å². The number of aliphatic imine (C=N–C) groups is 3. The van der Waals surface area contributed by atoms with Crippen LogP contribution >= 0.6 is 0 Å². The number of carbonyl (C=O) groups excluding carboxylic acids is 7. The molecule has 0 heterocycles. The fraction of sp³-hybridized carbons (Fsp3) is 0.711. The number of amides is 7. The average Bonchev–Trinajstić information content (AvgIpc) is 3.25. The third-order valence-corrected chi connectivity index (χ3v) is 9.65. The van der Waals surface area contributed by atoms with Gasteiger partial charge in [0.25, 0.3) is 0 Å². The average molecular weight is 959 g/mol. The number of hydrogen-bond donors (Lipinski definition) is 18. The maximum atomic E-state index is 13.8. The number of guanidine groups is 3. The molecule has 0 radical (unpaired) electrons. The summed E-state index contributed by atoms with van der Waals surface area (Å²) in [7, 11) is 0. The zero-order chi connectivity index (χ0) is 51.2. The van der Waals surface area contributed by atoms with Crippen LogP contribution in [0.1, 0.15) is 78.6 Å². The number of hydrogen-bond acceptors (Lipinski definition) is 15. The third-order valence-electron chi connectivity index (χ3n) is 9.65. The van der Waals surface area contributed by atoms with Crippen LogP contribution in [-0.4, -0.2) is 168 Å². The van der Waals surface area contributed by atoms with Crippen molar-refractivity contribution in [1.82, 2.24) is 37.2 Å². The van der Waals surface area contributed by atoms with Crippen molar-refractivity contribution in [3.05, 3.63) is 0 Å². The van der Waals surface area contributed by atoms with Crippen molar-refractivity contribution in [2.24, 2.45) is 66.8 Å². The first-order valence-corrected chi connectivity index (χ1v) is 21.7. The van der Waals surface area contributed by atoms with E-state index in [2.05, 4.69) is 52.2 Å². The number of carboxylic acid groups (broad SMARTS) is 1. The van der Waals surface area contributed by atoms with E-state index in [0.717, 1.165) is 0 Å². The smallest absolute Gasteiger partial charge is 0.326 e. The molecule has 0 aliphatic carbocycles. The molecular formula is C38H74N18O11. The van der Waals surface area contributed by atoms with Gasteiger partial charge in [0.15, 0.2) is 17.9 Å². The van der Waals surface area contributed by atoms with E-state index in [1.807, 2.05) is 0 Å². The predicted octanol–water partition coefficient (Wildman–Crippen LogP) is -8.26. The van der Waals surface area contributed by atoms with Crippen LogP contribution in [0.2, 0.25) is 0 Å². The van der Waals surface area contributed by atoms with Crippen LogP contribution in [0, 0.1) is 5.92 Å². The minimum atomic E-state index is -1.62. The highest BCUT2D eigenvalue weighted by Crippen LogP contribution is 2.08. The number of nitrogens with two attached hydrogens (primary N) is 8. The Hall–Kier alpha value is -6.59. The highest BCUT2D eigenvalue weighted by molar-refractivity contribution is 5.97. The van der Waals surface area contributed by atoms with E-state index in [1.165, 1.54) is 6.92 Å². The highest BCUT2D eigenvalue weighted by atomic mass is 16.4. The van der Waals surface area contributed by atoms with Gasteiger partial charge in [0, 0.05) is 19.6 Å². The zero-order valence-corrected chi connectivity index (χ0v) is 38.4. The van der Waals surface area contributed by atoms with Crippen LogP contribution in [0.25, 0.3) is 0 Å². The van der Waals surface area contributed by atoms with Crippen LogP contribution < -0.4 is 83.1 Å². The van der Waals surface area contributed by atoms with Gasteiger partial charge in [0.05, 0.1) is 19.3 Å². The number of nitrogens with zero attached hydrogens (tertiary/aromatic N) is 3. The quantitative estimate of drug-likeness (QED) is 0.0162. The largest absolute Gasteiger partial charge is 0.480 e. The molecule has 7 amide bonds. The van der Waals surface area contributed by atoms with Crippen molar-refractivity contribution in [3.8, 4) is 0 Å². The van der Waals surface area contributed by atoms with E-state index in [0.29, 0.717) is 19.3 Å². The van der Waals surface area contributed by atoms with E-state index in [4.69, 9.17) is 45.9 Å². The van der Waals surface area contributed by atoms with Crippen LogP contribution in [0.3, 0.4) is 0 Å². The van der Waals surface area contributed by atoms with Crippen molar-refractivity contribution in [1.29, 1.82) is 0 Å². The first kappa shape index (κ1) is 60.4. The topological polar surface area (TPSA) is 527 Å². The Morgan fingerprint density at radius 1 is 0.463 bits per heavy atom. The number of aliphatic hydroxyl groups is 2. The SMILES string of the molecule is CC(C)[C@H](NC(=O)[C@H](CO)NC(=O)[C@H](CCCN=C(N)N)NC(=O)[C@H](CCCCN)NC(=O)[C@H](C)NC(=O)[C@H](CCCN=C(N)N)NC(=O)[C@H](CO)NC(=O)[C@@H](N)CCCN=C(N)N)C(=O)O. The molecule has 0 saturated carbocycles. The molecule has 29 nitrogen and oxygen atoms in total. The van der Waals surface area contributed by atoms with Gasteiger partial charge >= 0.3 is 5.97 Å². The van der Waals surface area contributed by atoms with Crippen molar-refractivity contribution < 1.29 is 53.7 Å². The van der Waals surface area contributed by atoms with Crippen molar-refractivity contribution in [2.75, 3.05) is 39.4 Å². The Bertz CT molecular complexity index is 1700. The zero-order valence-electron chi connectivity index (χ0n) is 38.4. The van der Waals surface area contributed by atoms with Gasteiger partial charge in [-0.25, -0.2) is 4.79 Å². The van der Waals surface area contributed by atoms with Crippen LogP contribution in [0.4, 0.5) is 0 Å². The minimum absolute atomic E-state index is 0.00287. The van der Waals surface area contributed by atoms with Crippen molar-refractivity contribution in [3.63, 3.8) is 0 Å². The molecule has 0 aliphatic heterocycles. The molecule has 0 aromatic heterocycles. The Morgan fingerprint density at radius 3 is 1.19 bits per heavy atom. The molecule has 26 N–H and O–H groups in total. The molecule has 0 aromatic carbocycles. The fourth-order valence-electron chi connectivity index (χ4n) is 5.88. The summed E-state index contributed by atoms with van der Waals surface area (Å²) in [6.07, 6.45) is 1.27. The van der Waals surface area contributed by atoms with E-state index in [1.54, 1.807) is 13.8 Å². The van der Waals surface area contributed by atoms with E-state index < -0.39 is 115 Å². The molecule has 0 spiro atoms. The van der Waals surface area contributed by atoms with E-state index >= 15 is 0 Å². The summed E-state index contributed by atoms with van der Waals surface area (Å²) < 4.78 is 0. The first-order valence-electron chi connectivity index (χ1n) is 21.7. The molecule has 382 valence electrons. The van der Waals surface area contributed by atoms with Crippen LogP contribution in [0.5, 0.6) is 0 Å². The minimum Gasteiger partial charge on any atom is -0.480 e. The van der Waals surface area contributed by atoms with E-state index in [-0.39, 0.29) is 82.6 Å². The maximum Gasteiger partial charge on any atom is 0.326 e. The molecule has 0 saturated heterocycles. The molecule has 0 aromatic rings. The lowest BCUT2D eigenvalue weighted by atomic mass is 10.0. The fourth-order valence-corrected chi connectivity index (χ4v) is 5.88. The summed E-state index contributed by atoms with van der Waals surface area (Å²) in [5.74, 6) is -8.83. The van der Waals surface area contributed by atoms with Crippen LogP contribution in [0.15, 0.2) is 15.0 Å². The number of carboxylic acids is 1. The van der Waals surface area contributed by atoms with Gasteiger partial charge in [0.2, 0.25) is 41.4 Å². The first-order chi connectivity index (χ1) is 31.5. The number of rotatable bonds is 34. The second kappa shape index (κ2) is 33.0. The van der Waals surface area contributed by atoms with Gasteiger partial charge in [-0.15, -0.1) is 0 Å². The molecule has 0 fully saturated rings. The Balaban J connectivity index is 6.28. The summed E-state index contributed by atoms with van der Waals surface area (Å²) in [5.41, 5.74) is 43.8. The van der Waals surface area contributed by atoms with Gasteiger partial charge in [-0.2, -0.15) is 0 Å². The van der Waals surface area contributed by atoms with Gasteiger partial charge in [-0.1, -0.05) is 13.8 Å². The summed E-state index contributed by atoms with van der Waals surface area (Å²) in [5, 5.41) is 46.3. The lowest BCUT2D eigenvalue weighted by Gasteiger charge is -2.27. The van der Waals surface area contributed by atoms with Gasteiger partial charge < -0.3 is 98.4 Å². The van der Waals surface area contributed by atoms with Gasteiger partial charge in [0.1, 0.15) is 42.3 Å². The van der Waals surface area contributed by atoms with Crippen molar-refractivity contribution in [2.45, 2.75) is 127 Å². The molecule has 0 bridgehead atoms. The van der Waals surface area contributed by atoms with Crippen LogP contribution in [-0.2, 0) is 38.4 Å². The highest BCUT2D eigenvalue weighted by Gasteiger charge is 2.33. The lowest BCUT2D eigenvalue weighted by Crippen LogP contribution is -2.60. The molecule has 0 rings (SSSR count). The number of carbonyl (C=O) groups is 8. The summed E-state index contributed by atoms with van der Waals surface area (Å²) in [6.45, 7) is 3.05. The van der Waals surface area contributed by atoms with Gasteiger partial charge in [-0.05, 0) is 77.2 Å².